The summed E-state index contributed by atoms with van der Waals surface area (Å²) in [6, 6.07) is 6.95. The molecule has 0 heterocycles. The van der Waals surface area contributed by atoms with Gasteiger partial charge < -0.3 is 5.73 Å². The third-order valence-electron chi connectivity index (χ3n) is 2.94. The summed E-state index contributed by atoms with van der Waals surface area (Å²) in [4.78, 5) is 0. The zero-order valence-electron chi connectivity index (χ0n) is 11.0. The molecule has 0 aliphatic carbocycles. The standard InChI is InChI=1S/C14H20F3N/c1-13(2,3)11-6-4-10(5-7-11)12(18)8-9-14(15,16)17/h4-7,12H,8-9,18H2,1-3H3/t12-/m1/s1. The van der Waals surface area contributed by atoms with Crippen LogP contribution in [0.3, 0.4) is 0 Å². The van der Waals surface area contributed by atoms with Gasteiger partial charge in [-0.3, -0.25) is 0 Å². The summed E-state index contributed by atoms with van der Waals surface area (Å²) in [5.74, 6) is 0. The first-order valence-corrected chi connectivity index (χ1v) is 6.02. The van der Waals surface area contributed by atoms with E-state index in [9.17, 15) is 13.2 Å². The van der Waals surface area contributed by atoms with Crippen molar-refractivity contribution in [2.75, 3.05) is 0 Å². The van der Waals surface area contributed by atoms with Gasteiger partial charge in [-0.05, 0) is 23.0 Å². The number of hydrogen-bond donors (Lipinski definition) is 1. The monoisotopic (exact) mass is 259 g/mol. The van der Waals surface area contributed by atoms with E-state index in [0.717, 1.165) is 11.1 Å². The third-order valence-corrected chi connectivity index (χ3v) is 2.94. The molecular weight excluding hydrogens is 239 g/mol. The van der Waals surface area contributed by atoms with Crippen LogP contribution in [-0.4, -0.2) is 6.18 Å². The van der Waals surface area contributed by atoms with Gasteiger partial charge in [0.05, 0.1) is 0 Å². The Morgan fingerprint density at radius 1 is 1.06 bits per heavy atom. The van der Waals surface area contributed by atoms with Crippen molar-refractivity contribution >= 4 is 0 Å². The summed E-state index contributed by atoms with van der Waals surface area (Å²) in [7, 11) is 0. The maximum absolute atomic E-state index is 12.1. The van der Waals surface area contributed by atoms with Gasteiger partial charge in [0.25, 0.3) is 0 Å². The molecule has 102 valence electrons. The maximum atomic E-state index is 12.1. The Bertz CT molecular complexity index is 374. The average Bonchev–Trinajstić information content (AvgIpc) is 2.24. The molecule has 0 radical (unpaired) electrons. The highest BCUT2D eigenvalue weighted by Crippen LogP contribution is 2.28. The fourth-order valence-corrected chi connectivity index (χ4v) is 1.72. The lowest BCUT2D eigenvalue weighted by molar-refractivity contribution is -0.136. The smallest absolute Gasteiger partial charge is 0.324 e. The van der Waals surface area contributed by atoms with Gasteiger partial charge in [-0.15, -0.1) is 0 Å². The van der Waals surface area contributed by atoms with Crippen LogP contribution in [0.5, 0.6) is 0 Å². The highest BCUT2D eigenvalue weighted by molar-refractivity contribution is 5.29. The molecule has 4 heteroatoms. The van der Waals surface area contributed by atoms with E-state index in [1.54, 1.807) is 0 Å². The molecule has 0 unspecified atom stereocenters. The van der Waals surface area contributed by atoms with E-state index >= 15 is 0 Å². The summed E-state index contributed by atoms with van der Waals surface area (Å²) in [5, 5.41) is 0. The van der Waals surface area contributed by atoms with Crippen LogP contribution >= 0.6 is 0 Å². The summed E-state index contributed by atoms with van der Waals surface area (Å²) in [5.41, 5.74) is 7.70. The average molecular weight is 259 g/mol. The van der Waals surface area contributed by atoms with E-state index in [2.05, 4.69) is 20.8 Å². The van der Waals surface area contributed by atoms with Crippen molar-refractivity contribution < 1.29 is 13.2 Å². The van der Waals surface area contributed by atoms with E-state index in [1.807, 2.05) is 24.3 Å². The van der Waals surface area contributed by atoms with Crippen LogP contribution in [0.1, 0.15) is 50.8 Å². The third kappa shape index (κ3) is 4.69. The zero-order valence-corrected chi connectivity index (χ0v) is 11.0. The molecule has 0 bridgehead atoms. The molecule has 1 atom stereocenters. The van der Waals surface area contributed by atoms with Crippen LogP contribution in [0.4, 0.5) is 13.2 Å². The van der Waals surface area contributed by atoms with Gasteiger partial charge in [0.1, 0.15) is 0 Å². The SMILES string of the molecule is CC(C)(C)c1ccc([C@H](N)CCC(F)(F)F)cc1. The second-order valence-electron chi connectivity index (χ2n) is 5.63. The van der Waals surface area contributed by atoms with Crippen LogP contribution in [0, 0.1) is 0 Å². The van der Waals surface area contributed by atoms with Gasteiger partial charge in [-0.25, -0.2) is 0 Å². The molecule has 0 spiro atoms. The Balaban J connectivity index is 2.68. The van der Waals surface area contributed by atoms with Crippen LogP contribution in [-0.2, 0) is 5.41 Å². The Hall–Kier alpha value is -1.03. The minimum absolute atomic E-state index is 0.0363. The summed E-state index contributed by atoms with van der Waals surface area (Å²) < 4.78 is 36.3. The van der Waals surface area contributed by atoms with Gasteiger partial charge in [0.2, 0.25) is 0 Å². The van der Waals surface area contributed by atoms with Crippen molar-refractivity contribution in [3.05, 3.63) is 35.4 Å². The Morgan fingerprint density at radius 3 is 1.94 bits per heavy atom. The number of nitrogens with two attached hydrogens (primary N) is 1. The van der Waals surface area contributed by atoms with Gasteiger partial charge in [-0.2, -0.15) is 13.2 Å². The second kappa shape index (κ2) is 5.31. The zero-order chi connectivity index (χ0) is 14.0. The molecule has 2 N–H and O–H groups in total. The first-order chi connectivity index (χ1) is 8.09. The van der Waals surface area contributed by atoms with E-state index < -0.39 is 18.6 Å². The Labute approximate surface area is 106 Å². The van der Waals surface area contributed by atoms with E-state index in [1.165, 1.54) is 0 Å². The van der Waals surface area contributed by atoms with Gasteiger partial charge >= 0.3 is 6.18 Å². The number of rotatable bonds is 3. The molecule has 0 fully saturated rings. The molecule has 0 saturated heterocycles. The Kier molecular flexibility index (Phi) is 4.43. The van der Waals surface area contributed by atoms with Crippen molar-refractivity contribution in [3.8, 4) is 0 Å². The molecular formula is C14H20F3N. The predicted octanol–water partition coefficient (Wildman–Crippen LogP) is 4.33. The van der Waals surface area contributed by atoms with Crippen molar-refractivity contribution in [2.24, 2.45) is 5.73 Å². The molecule has 0 amide bonds. The normalized spacial score (nSPS) is 14.6. The first-order valence-electron chi connectivity index (χ1n) is 6.02. The van der Waals surface area contributed by atoms with Gasteiger partial charge in [0.15, 0.2) is 0 Å². The number of benzene rings is 1. The van der Waals surface area contributed by atoms with Crippen LogP contribution in [0.25, 0.3) is 0 Å². The van der Waals surface area contributed by atoms with Gasteiger partial charge in [0, 0.05) is 12.5 Å². The molecule has 0 saturated carbocycles. The first kappa shape index (κ1) is 15.0. The molecule has 0 aliphatic rings. The lowest BCUT2D eigenvalue weighted by Crippen LogP contribution is -2.16. The maximum Gasteiger partial charge on any atom is 0.389 e. The molecule has 0 aromatic heterocycles. The highest BCUT2D eigenvalue weighted by Gasteiger charge is 2.27. The van der Waals surface area contributed by atoms with Crippen LogP contribution < -0.4 is 5.73 Å². The fourth-order valence-electron chi connectivity index (χ4n) is 1.72. The van der Waals surface area contributed by atoms with Crippen molar-refractivity contribution in [2.45, 2.75) is 51.2 Å². The van der Waals surface area contributed by atoms with E-state index in [4.69, 9.17) is 5.73 Å². The predicted molar refractivity (Wildman–Crippen MR) is 67.4 cm³/mol. The summed E-state index contributed by atoms with van der Waals surface area (Å²) in [6.45, 7) is 6.27. The lowest BCUT2D eigenvalue weighted by Gasteiger charge is -2.20. The Morgan fingerprint density at radius 2 is 1.56 bits per heavy atom. The lowest BCUT2D eigenvalue weighted by atomic mass is 9.86. The minimum atomic E-state index is -4.14. The largest absolute Gasteiger partial charge is 0.389 e. The second-order valence-corrected chi connectivity index (χ2v) is 5.63. The fraction of sp³-hybridized carbons (Fsp3) is 0.571. The van der Waals surface area contributed by atoms with Gasteiger partial charge in [-0.1, -0.05) is 45.0 Å². The minimum Gasteiger partial charge on any atom is -0.324 e. The molecule has 0 aliphatic heterocycles. The van der Waals surface area contributed by atoms with Crippen LogP contribution in [0.15, 0.2) is 24.3 Å². The molecule has 18 heavy (non-hydrogen) atoms. The van der Waals surface area contributed by atoms with Crippen molar-refractivity contribution in [3.63, 3.8) is 0 Å². The topological polar surface area (TPSA) is 26.0 Å². The molecule has 1 aromatic rings. The molecule has 1 aromatic carbocycles. The number of hydrogen-bond acceptors (Lipinski definition) is 1. The van der Waals surface area contributed by atoms with Crippen molar-refractivity contribution in [1.82, 2.24) is 0 Å². The van der Waals surface area contributed by atoms with E-state index in [-0.39, 0.29) is 11.8 Å². The number of halogens is 3. The van der Waals surface area contributed by atoms with Crippen molar-refractivity contribution in [1.29, 1.82) is 0 Å². The highest BCUT2D eigenvalue weighted by atomic mass is 19.4. The summed E-state index contributed by atoms with van der Waals surface area (Å²) >= 11 is 0. The van der Waals surface area contributed by atoms with E-state index in [0.29, 0.717) is 0 Å². The number of alkyl halides is 3. The molecule has 1 nitrogen and oxygen atoms in total. The quantitative estimate of drug-likeness (QED) is 0.859. The molecule has 1 rings (SSSR count). The van der Waals surface area contributed by atoms with Crippen LogP contribution in [0.2, 0.25) is 0 Å². The summed E-state index contributed by atoms with van der Waals surface area (Å²) in [6.07, 6.45) is -5.05.